The molecule has 0 amide bonds. The molecular formula is C8H5BrClNO3S. The highest BCUT2D eigenvalue weighted by Gasteiger charge is 2.20. The molecule has 0 atom stereocenters. The number of hydrogen-bond donors (Lipinski definition) is 0. The number of benzene rings is 1. The Labute approximate surface area is 100.0 Å². The number of methoxy groups -OCH3 is 1. The van der Waals surface area contributed by atoms with Gasteiger partial charge >= 0.3 is 0 Å². The zero-order valence-corrected chi connectivity index (χ0v) is 10.6. The molecule has 4 nitrogen and oxygen atoms in total. The Hall–Kier alpha value is -0.770. The first-order chi connectivity index (χ1) is 6.90. The third-order valence-electron chi connectivity index (χ3n) is 1.61. The Kier molecular flexibility index (Phi) is 3.60. The van der Waals surface area contributed by atoms with E-state index >= 15 is 0 Å². The Morgan fingerprint density at radius 2 is 2.13 bits per heavy atom. The highest BCUT2D eigenvalue weighted by atomic mass is 79.9. The molecule has 0 heterocycles. The summed E-state index contributed by atoms with van der Waals surface area (Å²) in [5.41, 5.74) is 0.182. The predicted octanol–water partition coefficient (Wildman–Crippen LogP) is 2.26. The summed E-state index contributed by atoms with van der Waals surface area (Å²) in [5.74, 6) is 0.0870. The van der Waals surface area contributed by atoms with E-state index in [4.69, 9.17) is 20.7 Å². The van der Waals surface area contributed by atoms with Crippen molar-refractivity contribution in [3.63, 3.8) is 0 Å². The Balaban J connectivity index is 3.63. The molecule has 0 unspecified atom stereocenters. The van der Waals surface area contributed by atoms with Gasteiger partial charge in [-0.25, -0.2) is 8.42 Å². The second-order valence-corrected chi connectivity index (χ2v) is 5.93. The third kappa shape index (κ3) is 2.62. The van der Waals surface area contributed by atoms with Crippen LogP contribution in [0, 0.1) is 11.3 Å². The van der Waals surface area contributed by atoms with Gasteiger partial charge < -0.3 is 4.74 Å². The Bertz CT molecular complexity index is 536. The van der Waals surface area contributed by atoms with Gasteiger partial charge in [-0.3, -0.25) is 0 Å². The summed E-state index contributed by atoms with van der Waals surface area (Å²) in [4.78, 5) is -0.224. The average Bonchev–Trinajstić information content (AvgIpc) is 2.15. The van der Waals surface area contributed by atoms with Gasteiger partial charge in [0.1, 0.15) is 4.90 Å². The number of ether oxygens (including phenoxy) is 1. The van der Waals surface area contributed by atoms with Crippen molar-refractivity contribution in [1.82, 2.24) is 0 Å². The first-order valence-electron chi connectivity index (χ1n) is 3.62. The van der Waals surface area contributed by atoms with Gasteiger partial charge in [0.15, 0.2) is 5.75 Å². The summed E-state index contributed by atoms with van der Waals surface area (Å²) in [5, 5.41) is 8.67. The van der Waals surface area contributed by atoms with Crippen LogP contribution in [-0.2, 0) is 9.05 Å². The van der Waals surface area contributed by atoms with Gasteiger partial charge in [-0.1, -0.05) is 0 Å². The molecule has 0 spiro atoms. The van der Waals surface area contributed by atoms with Crippen molar-refractivity contribution in [2.75, 3.05) is 7.11 Å². The minimum absolute atomic E-state index is 0.0870. The summed E-state index contributed by atoms with van der Waals surface area (Å²) >= 11 is 3.09. The van der Waals surface area contributed by atoms with Crippen LogP contribution in [0.5, 0.6) is 5.75 Å². The minimum Gasteiger partial charge on any atom is -0.494 e. The van der Waals surface area contributed by atoms with E-state index in [1.807, 2.05) is 6.07 Å². The molecule has 0 aliphatic rings. The van der Waals surface area contributed by atoms with Gasteiger partial charge in [-0.05, 0) is 28.1 Å². The second-order valence-electron chi connectivity index (χ2n) is 2.54. The SMILES string of the molecule is COc1c(Br)cc(C#N)cc1S(=O)(=O)Cl. The van der Waals surface area contributed by atoms with Crippen molar-refractivity contribution in [2.45, 2.75) is 4.90 Å². The second kappa shape index (κ2) is 4.39. The van der Waals surface area contributed by atoms with Crippen molar-refractivity contribution < 1.29 is 13.2 Å². The van der Waals surface area contributed by atoms with E-state index in [1.165, 1.54) is 13.2 Å². The fourth-order valence-corrected chi connectivity index (χ4v) is 2.79. The topological polar surface area (TPSA) is 67.2 Å². The lowest BCUT2D eigenvalue weighted by atomic mass is 10.2. The van der Waals surface area contributed by atoms with Gasteiger partial charge in [-0.2, -0.15) is 5.26 Å². The number of hydrogen-bond acceptors (Lipinski definition) is 4. The lowest BCUT2D eigenvalue weighted by Gasteiger charge is -2.07. The molecule has 0 aliphatic carbocycles. The van der Waals surface area contributed by atoms with E-state index in [0.717, 1.165) is 6.07 Å². The molecule has 0 aromatic heterocycles. The standard InChI is InChI=1S/C8H5BrClNO3S/c1-14-8-6(9)2-5(4-11)3-7(8)15(10,12)13/h2-3H,1H3. The van der Waals surface area contributed by atoms with Crippen molar-refractivity contribution in [2.24, 2.45) is 0 Å². The number of nitrogens with zero attached hydrogens (tertiary/aromatic N) is 1. The van der Waals surface area contributed by atoms with Crippen LogP contribution in [0.4, 0.5) is 0 Å². The molecule has 15 heavy (non-hydrogen) atoms. The molecule has 0 aliphatic heterocycles. The summed E-state index contributed by atoms with van der Waals surface area (Å²) in [6.07, 6.45) is 0. The molecule has 0 saturated heterocycles. The molecule has 1 aromatic carbocycles. The van der Waals surface area contributed by atoms with Crippen LogP contribution < -0.4 is 4.74 Å². The molecule has 1 rings (SSSR count). The summed E-state index contributed by atoms with van der Waals surface area (Å²) in [6.45, 7) is 0. The van der Waals surface area contributed by atoms with Crippen molar-refractivity contribution in [3.8, 4) is 11.8 Å². The normalized spacial score (nSPS) is 10.8. The van der Waals surface area contributed by atoms with Crippen LogP contribution in [-0.4, -0.2) is 15.5 Å². The van der Waals surface area contributed by atoms with Crippen LogP contribution >= 0.6 is 26.6 Å². The molecule has 0 saturated carbocycles. The lowest BCUT2D eigenvalue weighted by molar-refractivity contribution is 0.400. The molecule has 7 heteroatoms. The van der Waals surface area contributed by atoms with Gasteiger partial charge in [-0.15, -0.1) is 0 Å². The first kappa shape index (κ1) is 12.3. The smallest absolute Gasteiger partial charge is 0.265 e. The molecule has 0 bridgehead atoms. The quantitative estimate of drug-likeness (QED) is 0.786. The van der Waals surface area contributed by atoms with Gasteiger partial charge in [0.05, 0.1) is 23.2 Å². The van der Waals surface area contributed by atoms with E-state index < -0.39 is 9.05 Å². The maximum atomic E-state index is 11.2. The van der Waals surface area contributed by atoms with E-state index in [1.54, 1.807) is 0 Å². The molecule has 0 radical (unpaired) electrons. The molecule has 1 aromatic rings. The number of rotatable bonds is 2. The predicted molar refractivity (Wildman–Crippen MR) is 58.4 cm³/mol. The highest BCUT2D eigenvalue weighted by molar-refractivity contribution is 9.10. The number of nitriles is 1. The van der Waals surface area contributed by atoms with Gasteiger partial charge in [0.2, 0.25) is 0 Å². The fraction of sp³-hybridized carbons (Fsp3) is 0.125. The summed E-state index contributed by atoms with van der Waals surface area (Å²) in [7, 11) is 2.59. The average molecular weight is 311 g/mol. The molecule has 0 N–H and O–H groups in total. The maximum absolute atomic E-state index is 11.2. The van der Waals surface area contributed by atoms with E-state index in [0.29, 0.717) is 4.47 Å². The van der Waals surface area contributed by atoms with E-state index in [-0.39, 0.29) is 16.2 Å². The highest BCUT2D eigenvalue weighted by Crippen LogP contribution is 2.35. The Morgan fingerprint density at radius 1 is 1.53 bits per heavy atom. The molecular weight excluding hydrogens is 306 g/mol. The van der Waals surface area contributed by atoms with Crippen molar-refractivity contribution in [1.29, 1.82) is 5.26 Å². The summed E-state index contributed by atoms with van der Waals surface area (Å²) in [6, 6.07) is 4.43. The van der Waals surface area contributed by atoms with Crippen LogP contribution in [0.25, 0.3) is 0 Å². The van der Waals surface area contributed by atoms with Crippen molar-refractivity contribution >= 4 is 35.7 Å². The third-order valence-corrected chi connectivity index (χ3v) is 3.52. The zero-order valence-electron chi connectivity index (χ0n) is 7.49. The van der Waals surface area contributed by atoms with E-state index in [9.17, 15) is 8.42 Å². The molecule has 0 fully saturated rings. The molecule has 80 valence electrons. The minimum atomic E-state index is -3.93. The summed E-state index contributed by atoms with van der Waals surface area (Å²) < 4.78 is 27.6. The van der Waals surface area contributed by atoms with Crippen LogP contribution in [0.3, 0.4) is 0 Å². The largest absolute Gasteiger partial charge is 0.494 e. The van der Waals surface area contributed by atoms with E-state index in [2.05, 4.69) is 15.9 Å². The van der Waals surface area contributed by atoms with Gasteiger partial charge in [0.25, 0.3) is 9.05 Å². The van der Waals surface area contributed by atoms with Gasteiger partial charge in [0, 0.05) is 10.7 Å². The van der Waals surface area contributed by atoms with Crippen LogP contribution in [0.15, 0.2) is 21.5 Å². The Morgan fingerprint density at radius 3 is 2.53 bits per heavy atom. The van der Waals surface area contributed by atoms with Crippen LogP contribution in [0.1, 0.15) is 5.56 Å². The fourth-order valence-electron chi connectivity index (χ4n) is 1.01. The number of halogens is 2. The maximum Gasteiger partial charge on any atom is 0.265 e. The zero-order chi connectivity index (χ0) is 11.6. The first-order valence-corrected chi connectivity index (χ1v) is 6.72. The monoisotopic (exact) mass is 309 g/mol. The van der Waals surface area contributed by atoms with Crippen LogP contribution in [0.2, 0.25) is 0 Å². The lowest BCUT2D eigenvalue weighted by Crippen LogP contribution is -1.98. The van der Waals surface area contributed by atoms with Crippen molar-refractivity contribution in [3.05, 3.63) is 22.2 Å².